The van der Waals surface area contributed by atoms with Crippen LogP contribution >= 0.6 is 0 Å². The molecule has 11 nitrogen and oxygen atoms in total. The van der Waals surface area contributed by atoms with E-state index in [0.717, 1.165) is 54.5 Å². The average Bonchev–Trinajstić information content (AvgIpc) is 3.58. The monoisotopic (exact) mass is 529 g/mol. The highest BCUT2D eigenvalue weighted by Gasteiger charge is 2.26. The molecule has 0 bridgehead atoms. The van der Waals surface area contributed by atoms with Gasteiger partial charge in [-0.25, -0.2) is 18.7 Å². The summed E-state index contributed by atoms with van der Waals surface area (Å²) in [7, 11) is 1.82. The van der Waals surface area contributed by atoms with E-state index in [0.29, 0.717) is 29.1 Å². The molecule has 0 amide bonds. The van der Waals surface area contributed by atoms with E-state index in [1.807, 2.05) is 36.1 Å². The van der Waals surface area contributed by atoms with Crippen LogP contribution in [0.3, 0.4) is 0 Å². The lowest BCUT2D eigenvalue weighted by Crippen LogP contribution is -2.35. The Kier molecular flexibility index (Phi) is 7.09. The van der Waals surface area contributed by atoms with Gasteiger partial charge in [-0.1, -0.05) is 0 Å². The highest BCUT2D eigenvalue weighted by molar-refractivity contribution is 5.84. The van der Waals surface area contributed by atoms with Crippen molar-refractivity contribution in [1.82, 2.24) is 34.5 Å². The minimum atomic E-state index is -0.906. The van der Waals surface area contributed by atoms with Crippen molar-refractivity contribution >= 4 is 22.5 Å². The summed E-state index contributed by atoms with van der Waals surface area (Å²) in [5.41, 5.74) is 11.5. The second-order valence-corrected chi connectivity index (χ2v) is 9.31. The van der Waals surface area contributed by atoms with Crippen LogP contribution in [0.15, 0.2) is 55.2 Å². The van der Waals surface area contributed by atoms with Crippen LogP contribution in [0.25, 0.3) is 22.3 Å². The van der Waals surface area contributed by atoms with Gasteiger partial charge < -0.3 is 15.2 Å². The first-order valence-electron chi connectivity index (χ1n) is 12.3. The van der Waals surface area contributed by atoms with Gasteiger partial charge in [0.2, 0.25) is 0 Å². The molecule has 1 aliphatic heterocycles. The maximum atomic E-state index is 14.0. The fraction of sp³-hybridized carbons (Fsp3) is 0.269. The lowest BCUT2D eigenvalue weighted by atomic mass is 9.94. The lowest BCUT2D eigenvalue weighted by molar-refractivity contribution is 0.493. The Morgan fingerprint density at radius 3 is 2.67 bits per heavy atom. The third kappa shape index (κ3) is 5.08. The Bertz CT molecular complexity index is 1640. The number of hydrogen-bond acceptors (Lipinski definition) is 9. The van der Waals surface area contributed by atoms with Gasteiger partial charge in [-0.3, -0.25) is 4.98 Å². The minimum absolute atomic E-state index is 0.251. The van der Waals surface area contributed by atoms with Gasteiger partial charge in [0.25, 0.3) is 0 Å². The van der Waals surface area contributed by atoms with Crippen molar-refractivity contribution in [2.45, 2.75) is 25.3 Å². The maximum Gasteiger partial charge on any atom is 0.159 e. The Hall–Kier alpha value is -4.99. The van der Waals surface area contributed by atoms with E-state index in [-0.39, 0.29) is 5.92 Å². The number of pyridine rings is 2. The van der Waals surface area contributed by atoms with Crippen LogP contribution in [0.5, 0.6) is 0 Å². The first-order valence-corrected chi connectivity index (χ1v) is 12.3. The van der Waals surface area contributed by atoms with Crippen molar-refractivity contribution in [3.8, 4) is 11.3 Å². The van der Waals surface area contributed by atoms with E-state index in [1.54, 1.807) is 17.3 Å². The molecule has 4 aromatic heterocycles. The minimum Gasteiger partial charge on any atom is -0.382 e. The van der Waals surface area contributed by atoms with Gasteiger partial charge in [-0.15, -0.1) is 0 Å². The summed E-state index contributed by atoms with van der Waals surface area (Å²) >= 11 is 0. The predicted molar refractivity (Wildman–Crippen MR) is 139 cm³/mol. The number of rotatable bonds is 5. The number of benzene rings is 1. The fourth-order valence-corrected chi connectivity index (χ4v) is 5.02. The molecule has 5 aromatic rings. The molecule has 5 heterocycles. The van der Waals surface area contributed by atoms with Crippen molar-refractivity contribution in [3.05, 3.63) is 78.1 Å². The predicted octanol–water partition coefficient (Wildman–Crippen LogP) is 3.94. The van der Waals surface area contributed by atoms with Crippen LogP contribution in [-0.2, 0) is 13.6 Å². The quantitative estimate of drug-likeness (QED) is 0.334. The van der Waals surface area contributed by atoms with E-state index in [2.05, 4.69) is 30.0 Å². The number of piperidine rings is 1. The van der Waals surface area contributed by atoms with Crippen molar-refractivity contribution in [1.29, 1.82) is 10.8 Å². The number of nitrogens with two attached hydrogens (primary N) is 1. The molecule has 0 aliphatic carbocycles. The van der Waals surface area contributed by atoms with E-state index in [9.17, 15) is 8.78 Å². The third-order valence-electron chi connectivity index (χ3n) is 6.89. The van der Waals surface area contributed by atoms with Crippen LogP contribution in [0.2, 0.25) is 0 Å². The van der Waals surface area contributed by atoms with Crippen molar-refractivity contribution in [3.63, 3.8) is 0 Å². The summed E-state index contributed by atoms with van der Waals surface area (Å²) in [6, 6.07) is 7.64. The highest BCUT2D eigenvalue weighted by atomic mass is 19.2. The third-order valence-corrected chi connectivity index (χ3v) is 6.89. The number of hydrogen-bond donors (Lipinski definition) is 1. The van der Waals surface area contributed by atoms with Gasteiger partial charge in [-0.05, 0) is 48.7 Å². The summed E-state index contributed by atoms with van der Waals surface area (Å²) in [5.74, 6) is -1.17. The molecule has 0 saturated carbocycles. The molecule has 0 radical (unpaired) electrons. The highest BCUT2D eigenvalue weighted by Crippen LogP contribution is 2.33. The topological polar surface area (TPSA) is 151 Å². The van der Waals surface area contributed by atoms with Crippen LogP contribution in [0.4, 0.5) is 20.3 Å². The zero-order valence-corrected chi connectivity index (χ0v) is 21.1. The Labute approximate surface area is 222 Å². The summed E-state index contributed by atoms with van der Waals surface area (Å²) in [4.78, 5) is 17.1. The molecule has 6 rings (SSSR count). The number of nitrogen functional groups attached to an aromatic ring is 1. The van der Waals surface area contributed by atoms with Gasteiger partial charge in [0, 0.05) is 48.6 Å². The van der Waals surface area contributed by atoms with Crippen molar-refractivity contribution in [2.75, 3.05) is 23.7 Å². The van der Waals surface area contributed by atoms with Gasteiger partial charge in [0.15, 0.2) is 17.5 Å². The summed E-state index contributed by atoms with van der Waals surface area (Å²) in [6.07, 6.45) is 9.08. The summed E-state index contributed by atoms with van der Waals surface area (Å²) in [6.45, 7) is 2.14. The summed E-state index contributed by atoms with van der Waals surface area (Å²) in [5, 5.41) is 20.8. The molecule has 1 saturated heterocycles. The van der Waals surface area contributed by atoms with E-state index in [4.69, 9.17) is 16.5 Å². The molecule has 0 unspecified atom stereocenters. The van der Waals surface area contributed by atoms with Gasteiger partial charge in [-0.2, -0.15) is 15.0 Å². The number of anilines is 2. The smallest absolute Gasteiger partial charge is 0.159 e. The Morgan fingerprint density at radius 2 is 1.90 bits per heavy atom. The average molecular weight is 530 g/mol. The molecule has 1 atom stereocenters. The molecular formula is C26H25F2N11. The number of nitrogens with zero attached hydrogens (tertiary/aromatic N) is 10. The first kappa shape index (κ1) is 25.7. The Balaban J connectivity index is 0.00000151. The molecule has 39 heavy (non-hydrogen) atoms. The van der Waals surface area contributed by atoms with Crippen LogP contribution in [0.1, 0.15) is 30.0 Å². The lowest BCUT2D eigenvalue weighted by Gasteiger charge is -2.34. The summed E-state index contributed by atoms with van der Waals surface area (Å²) < 4.78 is 29.6. The molecule has 1 aromatic carbocycles. The normalized spacial score (nSPS) is 15.2. The van der Waals surface area contributed by atoms with Crippen LogP contribution in [-0.4, -0.2) is 47.6 Å². The molecule has 1 aliphatic rings. The van der Waals surface area contributed by atoms with E-state index >= 15 is 0 Å². The largest absolute Gasteiger partial charge is 0.382 e. The SMILES string of the molecule is Cn1ncc([C@H]2CCCN(c3cnc(-c4ccc(F)c(F)c4)cc3Cn3cnc4c(N)nccc43)C2)n1.N#N. The first-order chi connectivity index (χ1) is 19.0. The zero-order valence-electron chi connectivity index (χ0n) is 21.1. The van der Waals surface area contributed by atoms with Crippen molar-refractivity contribution < 1.29 is 8.78 Å². The number of imidazole rings is 1. The number of fused-ring (bicyclic) bond motifs is 1. The molecule has 1 fully saturated rings. The van der Waals surface area contributed by atoms with Crippen molar-refractivity contribution in [2.24, 2.45) is 7.05 Å². The van der Waals surface area contributed by atoms with E-state index in [1.165, 1.54) is 12.1 Å². The fourth-order valence-electron chi connectivity index (χ4n) is 5.02. The number of aryl methyl sites for hydroxylation is 1. The molecule has 0 spiro atoms. The molecule has 13 heteroatoms. The van der Waals surface area contributed by atoms with Gasteiger partial charge in [0.1, 0.15) is 5.52 Å². The van der Waals surface area contributed by atoms with Crippen LogP contribution < -0.4 is 10.6 Å². The van der Waals surface area contributed by atoms with E-state index < -0.39 is 11.6 Å². The molecular weight excluding hydrogens is 504 g/mol. The number of aromatic nitrogens is 7. The molecule has 2 N–H and O–H groups in total. The number of halogens is 2. The van der Waals surface area contributed by atoms with Gasteiger partial charge in [0.05, 0.1) is 47.9 Å². The zero-order chi connectivity index (χ0) is 27.5. The Morgan fingerprint density at radius 1 is 1.05 bits per heavy atom. The molecule has 198 valence electrons. The maximum absolute atomic E-state index is 14.0. The second-order valence-electron chi connectivity index (χ2n) is 9.31. The van der Waals surface area contributed by atoms with Gasteiger partial charge >= 0.3 is 0 Å². The van der Waals surface area contributed by atoms with Crippen LogP contribution in [0, 0.1) is 22.4 Å². The standard InChI is InChI=1S/C26H25F2N9.N2/c1-35-33-11-22(34-35)17-3-2-8-36(13-17)24-12-31-21(16-4-5-19(27)20(28)9-16)10-18(24)14-37-15-32-25-23(37)6-7-30-26(25)29;1-2/h4-7,9-12,15,17H,2-3,8,13-14H2,1H3,(H2,29,30);/t17-;/m0./s1. The second kappa shape index (κ2) is 10.8.